The lowest BCUT2D eigenvalue weighted by atomic mass is 10.1. The van der Waals surface area contributed by atoms with Crippen LogP contribution in [0.1, 0.15) is 5.76 Å². The highest BCUT2D eigenvalue weighted by atomic mass is 32.2. The first-order chi connectivity index (χ1) is 14.5. The lowest BCUT2D eigenvalue weighted by Gasteiger charge is -2.26. The van der Waals surface area contributed by atoms with Gasteiger partial charge in [-0.2, -0.15) is 0 Å². The van der Waals surface area contributed by atoms with E-state index in [0.29, 0.717) is 16.5 Å². The van der Waals surface area contributed by atoms with Crippen molar-refractivity contribution in [3.63, 3.8) is 0 Å². The summed E-state index contributed by atoms with van der Waals surface area (Å²) >= 11 is 1.39. The van der Waals surface area contributed by atoms with Crippen LogP contribution >= 0.6 is 11.8 Å². The number of urea groups is 1. The zero-order chi connectivity index (χ0) is 21.1. The molecule has 0 aliphatic carbocycles. The van der Waals surface area contributed by atoms with Crippen LogP contribution in [0.4, 0.5) is 10.5 Å². The van der Waals surface area contributed by atoms with E-state index in [1.54, 1.807) is 49.6 Å². The maximum atomic E-state index is 12.8. The van der Waals surface area contributed by atoms with Gasteiger partial charge in [-0.1, -0.05) is 30.0 Å². The number of ether oxygens (including phenoxy) is 1. The van der Waals surface area contributed by atoms with Crippen molar-refractivity contribution in [1.82, 2.24) is 5.32 Å². The van der Waals surface area contributed by atoms with Gasteiger partial charge in [0.25, 0.3) is 11.8 Å². The number of nitrogens with one attached hydrogen (secondary N) is 1. The van der Waals surface area contributed by atoms with Crippen LogP contribution in [0, 0.1) is 0 Å². The molecule has 0 unspecified atom stereocenters. The molecule has 30 heavy (non-hydrogen) atoms. The summed E-state index contributed by atoms with van der Waals surface area (Å²) in [5, 5.41) is 2.78. The van der Waals surface area contributed by atoms with E-state index in [0.717, 1.165) is 15.5 Å². The Bertz CT molecular complexity index is 1140. The van der Waals surface area contributed by atoms with Crippen molar-refractivity contribution in [2.45, 2.75) is 9.99 Å². The number of hydrogen-bond donors (Lipinski definition) is 1. The second kappa shape index (κ2) is 8.30. The van der Waals surface area contributed by atoms with Crippen molar-refractivity contribution in [3.05, 3.63) is 78.1 Å². The lowest BCUT2D eigenvalue weighted by molar-refractivity contribution is -0.122. The summed E-state index contributed by atoms with van der Waals surface area (Å²) < 4.78 is 10.9. The number of rotatable bonds is 5. The van der Waals surface area contributed by atoms with Crippen LogP contribution in [-0.2, 0) is 9.59 Å². The van der Waals surface area contributed by atoms with Gasteiger partial charge in [0.05, 0.1) is 12.8 Å². The van der Waals surface area contributed by atoms with Crippen LogP contribution in [0.3, 0.4) is 0 Å². The zero-order valence-corrected chi connectivity index (χ0v) is 16.6. The molecule has 0 atom stereocenters. The SMILES string of the molecule is COc1ccc(Sc2ccc(C=C3C(=O)NC(=O)N(c4ccccc4)C3=O)o2)cc1. The van der Waals surface area contributed by atoms with Crippen molar-refractivity contribution in [3.8, 4) is 5.75 Å². The minimum absolute atomic E-state index is 0.186. The minimum Gasteiger partial charge on any atom is -0.497 e. The van der Waals surface area contributed by atoms with E-state index in [1.165, 1.54) is 17.8 Å². The Morgan fingerprint density at radius 2 is 1.70 bits per heavy atom. The predicted octanol–water partition coefficient (Wildman–Crippen LogP) is 4.11. The highest BCUT2D eigenvalue weighted by molar-refractivity contribution is 7.99. The van der Waals surface area contributed by atoms with Crippen molar-refractivity contribution in [1.29, 1.82) is 0 Å². The van der Waals surface area contributed by atoms with Crippen LogP contribution in [0.2, 0.25) is 0 Å². The molecule has 1 aromatic heterocycles. The van der Waals surface area contributed by atoms with Gasteiger partial charge in [0, 0.05) is 4.90 Å². The van der Waals surface area contributed by atoms with E-state index in [-0.39, 0.29) is 5.57 Å². The van der Waals surface area contributed by atoms with Gasteiger partial charge in [-0.15, -0.1) is 0 Å². The molecule has 0 bridgehead atoms. The number of para-hydroxylation sites is 1. The van der Waals surface area contributed by atoms with E-state index >= 15 is 0 Å². The number of amides is 4. The number of carbonyl (C=O) groups is 3. The van der Waals surface area contributed by atoms with Crippen LogP contribution in [0.15, 0.2) is 86.7 Å². The van der Waals surface area contributed by atoms with Gasteiger partial charge in [-0.3, -0.25) is 14.9 Å². The Hall–Kier alpha value is -3.78. The molecule has 2 aromatic carbocycles. The summed E-state index contributed by atoms with van der Waals surface area (Å²) in [7, 11) is 1.60. The Balaban J connectivity index is 1.56. The fourth-order valence-corrected chi connectivity index (χ4v) is 3.62. The van der Waals surface area contributed by atoms with E-state index in [2.05, 4.69) is 5.32 Å². The first kappa shape index (κ1) is 19.5. The third kappa shape index (κ3) is 3.99. The zero-order valence-electron chi connectivity index (χ0n) is 15.8. The average Bonchev–Trinajstić information content (AvgIpc) is 3.19. The first-order valence-electron chi connectivity index (χ1n) is 8.93. The fourth-order valence-electron chi connectivity index (χ4n) is 2.84. The number of benzene rings is 2. The molecule has 1 aliphatic heterocycles. The quantitative estimate of drug-likeness (QED) is 0.494. The molecule has 7 nitrogen and oxygen atoms in total. The van der Waals surface area contributed by atoms with Gasteiger partial charge >= 0.3 is 6.03 Å². The largest absolute Gasteiger partial charge is 0.497 e. The second-order valence-electron chi connectivity index (χ2n) is 6.23. The van der Waals surface area contributed by atoms with Crippen LogP contribution in [0.25, 0.3) is 6.08 Å². The first-order valence-corrected chi connectivity index (χ1v) is 9.75. The third-order valence-corrected chi connectivity index (χ3v) is 5.21. The molecule has 2 heterocycles. The molecule has 8 heteroatoms. The van der Waals surface area contributed by atoms with Gasteiger partial charge in [-0.25, -0.2) is 9.69 Å². The number of barbiturate groups is 1. The molecule has 0 saturated carbocycles. The summed E-state index contributed by atoms with van der Waals surface area (Å²) in [5.41, 5.74) is 0.183. The molecular weight excluding hydrogens is 404 g/mol. The smallest absolute Gasteiger partial charge is 0.335 e. The molecule has 0 radical (unpaired) electrons. The second-order valence-corrected chi connectivity index (χ2v) is 7.31. The molecule has 1 fully saturated rings. The Kier molecular flexibility index (Phi) is 5.40. The highest BCUT2D eigenvalue weighted by Crippen LogP contribution is 2.31. The number of anilines is 1. The Morgan fingerprint density at radius 1 is 0.967 bits per heavy atom. The number of furan rings is 1. The van der Waals surface area contributed by atoms with E-state index in [4.69, 9.17) is 9.15 Å². The molecular formula is C22H16N2O5S. The molecule has 1 aliphatic rings. The molecule has 4 rings (SSSR count). The summed E-state index contributed by atoms with van der Waals surface area (Å²) in [6.07, 6.45) is 1.33. The van der Waals surface area contributed by atoms with Crippen LogP contribution in [0.5, 0.6) is 5.75 Å². The van der Waals surface area contributed by atoms with Crippen molar-refractivity contribution < 1.29 is 23.5 Å². The van der Waals surface area contributed by atoms with Crippen molar-refractivity contribution in [2.24, 2.45) is 0 Å². The summed E-state index contributed by atoms with van der Waals surface area (Å²) in [4.78, 5) is 39.1. The van der Waals surface area contributed by atoms with E-state index < -0.39 is 17.8 Å². The van der Waals surface area contributed by atoms with Gasteiger partial charge in [0.1, 0.15) is 17.1 Å². The summed E-state index contributed by atoms with van der Waals surface area (Å²) in [6, 6.07) is 18.5. The van der Waals surface area contributed by atoms with E-state index in [1.807, 2.05) is 24.3 Å². The van der Waals surface area contributed by atoms with E-state index in [9.17, 15) is 14.4 Å². The fraction of sp³-hybridized carbons (Fsp3) is 0.0455. The predicted molar refractivity (Wildman–Crippen MR) is 111 cm³/mol. The van der Waals surface area contributed by atoms with Gasteiger partial charge in [-0.05, 0) is 54.6 Å². The lowest BCUT2D eigenvalue weighted by Crippen LogP contribution is -2.54. The average molecular weight is 420 g/mol. The highest BCUT2D eigenvalue weighted by Gasteiger charge is 2.36. The topological polar surface area (TPSA) is 88.9 Å². The molecule has 150 valence electrons. The molecule has 1 N–H and O–H groups in total. The molecule has 0 spiro atoms. The van der Waals surface area contributed by atoms with Crippen molar-refractivity contribution >= 4 is 41.4 Å². The number of nitrogens with zero attached hydrogens (tertiary/aromatic N) is 1. The van der Waals surface area contributed by atoms with Gasteiger partial charge in [0.15, 0.2) is 5.09 Å². The van der Waals surface area contributed by atoms with Crippen LogP contribution in [-0.4, -0.2) is 25.0 Å². The molecule has 4 amide bonds. The maximum Gasteiger partial charge on any atom is 0.335 e. The number of methoxy groups -OCH3 is 1. The summed E-state index contributed by atoms with van der Waals surface area (Å²) in [5.74, 6) is -0.399. The standard InChI is InChI=1S/C22H16N2O5S/c1-28-15-7-10-17(11-8-15)30-19-12-9-16(29-19)13-18-20(25)23-22(27)24(21(18)26)14-5-3-2-4-6-14/h2-13H,1H3,(H,23,25,27). The number of carbonyl (C=O) groups excluding carboxylic acids is 3. The third-order valence-electron chi connectivity index (χ3n) is 4.28. The normalized spacial score (nSPS) is 15.4. The molecule has 1 saturated heterocycles. The Morgan fingerprint density at radius 3 is 2.40 bits per heavy atom. The minimum atomic E-state index is -0.788. The number of hydrogen-bond acceptors (Lipinski definition) is 6. The van der Waals surface area contributed by atoms with Crippen molar-refractivity contribution in [2.75, 3.05) is 12.0 Å². The van der Waals surface area contributed by atoms with Gasteiger partial charge in [0.2, 0.25) is 0 Å². The Labute approximate surface area is 176 Å². The number of imide groups is 2. The maximum absolute atomic E-state index is 12.8. The van der Waals surface area contributed by atoms with Gasteiger partial charge < -0.3 is 9.15 Å². The van der Waals surface area contributed by atoms with Crippen LogP contribution < -0.4 is 15.0 Å². The summed E-state index contributed by atoms with van der Waals surface area (Å²) in [6.45, 7) is 0. The molecule has 3 aromatic rings. The monoisotopic (exact) mass is 420 g/mol.